The first-order valence-electron chi connectivity index (χ1n) is 7.20. The second-order valence-electron chi connectivity index (χ2n) is 5.56. The molecule has 6 nitrogen and oxygen atoms in total. The van der Waals surface area contributed by atoms with Gasteiger partial charge in [0.25, 0.3) is 5.84 Å². The zero-order valence-electron chi connectivity index (χ0n) is 13.3. The number of thioether (sulfide) groups is 1. The van der Waals surface area contributed by atoms with Crippen molar-refractivity contribution in [2.45, 2.75) is 19.1 Å². The monoisotopic (exact) mass is 349 g/mol. The average Bonchev–Trinajstić information content (AvgIpc) is 3.04. The summed E-state index contributed by atoms with van der Waals surface area (Å²) in [5.41, 5.74) is 0. The SMILES string of the molecule is CC(C)SC1=NC(c2cccs2)=NC2=[N+](C)C(=O)N(C)C(=O)C12. The Morgan fingerprint density at radius 3 is 2.70 bits per heavy atom. The number of hydrogen-bond donors (Lipinski definition) is 0. The lowest BCUT2D eigenvalue weighted by molar-refractivity contribution is -0.407. The highest BCUT2D eigenvalue weighted by Crippen LogP contribution is 2.29. The van der Waals surface area contributed by atoms with Gasteiger partial charge in [-0.05, 0) is 11.4 Å². The molecule has 2 aliphatic rings. The van der Waals surface area contributed by atoms with Gasteiger partial charge in [0.15, 0.2) is 5.92 Å². The van der Waals surface area contributed by atoms with Crippen LogP contribution in [0, 0.1) is 5.92 Å². The smallest absolute Gasteiger partial charge is 0.255 e. The molecule has 0 spiro atoms. The largest absolute Gasteiger partial charge is 0.445 e. The maximum absolute atomic E-state index is 12.6. The molecular formula is C15H17N4O2S2+. The van der Waals surface area contributed by atoms with Crippen molar-refractivity contribution in [3.05, 3.63) is 22.4 Å². The van der Waals surface area contributed by atoms with Crippen LogP contribution in [0.2, 0.25) is 0 Å². The molecule has 0 saturated carbocycles. The number of rotatable bonds is 2. The van der Waals surface area contributed by atoms with Gasteiger partial charge >= 0.3 is 11.9 Å². The first kappa shape index (κ1) is 16.1. The second-order valence-corrected chi connectivity index (χ2v) is 8.10. The second kappa shape index (κ2) is 6.01. The molecule has 0 radical (unpaired) electrons. The number of imide groups is 1. The normalized spacial score (nSPS) is 21.6. The summed E-state index contributed by atoms with van der Waals surface area (Å²) < 4.78 is 1.44. The fourth-order valence-corrected chi connectivity index (χ4v) is 4.05. The molecule has 3 heterocycles. The van der Waals surface area contributed by atoms with E-state index in [9.17, 15) is 9.59 Å². The number of nitrogens with zero attached hydrogens (tertiary/aromatic N) is 4. The van der Waals surface area contributed by atoms with Gasteiger partial charge in [0.05, 0.1) is 19.0 Å². The lowest BCUT2D eigenvalue weighted by Gasteiger charge is -2.26. The fraction of sp³-hybridized carbons (Fsp3) is 0.400. The Morgan fingerprint density at radius 2 is 2.09 bits per heavy atom. The molecule has 0 fully saturated rings. The van der Waals surface area contributed by atoms with E-state index in [1.807, 2.05) is 17.5 Å². The van der Waals surface area contributed by atoms with Crippen molar-refractivity contribution >= 4 is 51.8 Å². The molecule has 0 aliphatic carbocycles. The van der Waals surface area contributed by atoms with Gasteiger partial charge in [-0.2, -0.15) is 9.48 Å². The summed E-state index contributed by atoms with van der Waals surface area (Å²) in [6, 6.07) is 3.49. The van der Waals surface area contributed by atoms with Gasteiger partial charge in [0.2, 0.25) is 5.84 Å². The van der Waals surface area contributed by atoms with Crippen molar-refractivity contribution in [2.75, 3.05) is 14.1 Å². The maximum atomic E-state index is 12.6. The van der Waals surface area contributed by atoms with E-state index in [0.717, 1.165) is 9.78 Å². The Labute approximate surface area is 142 Å². The topological polar surface area (TPSA) is 65.1 Å². The molecule has 23 heavy (non-hydrogen) atoms. The molecule has 3 rings (SSSR count). The van der Waals surface area contributed by atoms with Crippen LogP contribution in [0.15, 0.2) is 27.5 Å². The Hall–Kier alpha value is -1.80. The van der Waals surface area contributed by atoms with Crippen LogP contribution >= 0.6 is 23.1 Å². The van der Waals surface area contributed by atoms with Crippen molar-refractivity contribution in [1.82, 2.24) is 4.90 Å². The van der Waals surface area contributed by atoms with E-state index in [1.165, 1.54) is 34.7 Å². The first-order chi connectivity index (χ1) is 10.9. The van der Waals surface area contributed by atoms with E-state index in [-0.39, 0.29) is 17.2 Å². The molecule has 0 N–H and O–H groups in total. The Bertz CT molecular complexity index is 762. The first-order valence-corrected chi connectivity index (χ1v) is 8.96. The standard InChI is InChI=1S/C15H17N4O2S2/c1-8(2)23-13-10-12(18(3)15(21)19(4)14(10)20)16-11(17-13)9-6-5-7-22-9/h5-8,10H,1-4H3/q+1. The number of amides is 3. The van der Waals surface area contributed by atoms with Crippen molar-refractivity contribution in [1.29, 1.82) is 0 Å². The molecule has 1 aromatic rings. The Balaban J connectivity index is 2.17. The van der Waals surface area contributed by atoms with Crippen LogP contribution in [0.25, 0.3) is 0 Å². The lowest BCUT2D eigenvalue weighted by Crippen LogP contribution is -2.54. The van der Waals surface area contributed by atoms with E-state index >= 15 is 0 Å². The molecule has 8 heteroatoms. The minimum Gasteiger partial charge on any atom is -0.255 e. The third-order valence-corrected chi connectivity index (χ3v) is 5.44. The van der Waals surface area contributed by atoms with Crippen LogP contribution in [-0.4, -0.2) is 57.5 Å². The van der Waals surface area contributed by atoms with Gasteiger partial charge in [-0.25, -0.2) is 9.79 Å². The lowest BCUT2D eigenvalue weighted by atomic mass is 10.0. The van der Waals surface area contributed by atoms with Crippen molar-refractivity contribution < 1.29 is 14.2 Å². The zero-order valence-corrected chi connectivity index (χ0v) is 14.9. The molecule has 1 unspecified atom stereocenters. The van der Waals surface area contributed by atoms with Gasteiger partial charge in [-0.1, -0.05) is 24.9 Å². The Kier molecular flexibility index (Phi) is 4.20. The zero-order chi connectivity index (χ0) is 16.7. The highest BCUT2D eigenvalue weighted by Gasteiger charge is 2.49. The summed E-state index contributed by atoms with van der Waals surface area (Å²) in [5.74, 6) is 0.147. The third-order valence-electron chi connectivity index (χ3n) is 3.53. The maximum Gasteiger partial charge on any atom is 0.445 e. The number of aliphatic imine (C=N–C) groups is 2. The predicted molar refractivity (Wildman–Crippen MR) is 93.9 cm³/mol. The molecule has 0 saturated heterocycles. The summed E-state index contributed by atoms with van der Waals surface area (Å²) in [4.78, 5) is 36.0. The summed E-state index contributed by atoms with van der Waals surface area (Å²) >= 11 is 3.07. The van der Waals surface area contributed by atoms with E-state index in [4.69, 9.17) is 0 Å². The van der Waals surface area contributed by atoms with Crippen LogP contribution in [0.4, 0.5) is 4.79 Å². The van der Waals surface area contributed by atoms with Gasteiger partial charge in [0.1, 0.15) is 5.04 Å². The van der Waals surface area contributed by atoms with E-state index in [0.29, 0.717) is 16.7 Å². The highest BCUT2D eigenvalue weighted by molar-refractivity contribution is 8.14. The van der Waals surface area contributed by atoms with Gasteiger partial charge in [-0.3, -0.25) is 4.79 Å². The molecule has 2 aliphatic heterocycles. The number of hydrogen-bond acceptors (Lipinski definition) is 6. The number of carbonyl (C=O) groups excluding carboxylic acids is 2. The molecular weight excluding hydrogens is 332 g/mol. The number of amidine groups is 2. The fourth-order valence-electron chi connectivity index (χ4n) is 2.42. The van der Waals surface area contributed by atoms with E-state index in [2.05, 4.69) is 23.8 Å². The molecule has 0 bridgehead atoms. The van der Waals surface area contributed by atoms with Crippen LogP contribution in [0.1, 0.15) is 18.7 Å². The van der Waals surface area contributed by atoms with Crippen LogP contribution in [-0.2, 0) is 4.79 Å². The molecule has 1 atom stereocenters. The molecule has 120 valence electrons. The minimum atomic E-state index is -0.598. The number of urea groups is 1. The number of fused-ring (bicyclic) bond motifs is 1. The summed E-state index contributed by atoms with van der Waals surface area (Å²) in [5, 5.41) is 2.93. The van der Waals surface area contributed by atoms with Crippen molar-refractivity contribution in [3.63, 3.8) is 0 Å². The van der Waals surface area contributed by atoms with Gasteiger partial charge in [-0.15, -0.1) is 23.1 Å². The molecule has 3 amide bonds. The Morgan fingerprint density at radius 1 is 1.35 bits per heavy atom. The van der Waals surface area contributed by atoms with E-state index < -0.39 is 5.92 Å². The molecule has 1 aromatic heterocycles. The van der Waals surface area contributed by atoms with Gasteiger partial charge < -0.3 is 0 Å². The highest BCUT2D eigenvalue weighted by atomic mass is 32.2. The number of carbonyl (C=O) groups is 2. The van der Waals surface area contributed by atoms with Crippen molar-refractivity contribution in [3.8, 4) is 0 Å². The van der Waals surface area contributed by atoms with E-state index in [1.54, 1.807) is 7.05 Å². The predicted octanol–water partition coefficient (Wildman–Crippen LogP) is 2.30. The van der Waals surface area contributed by atoms with Crippen molar-refractivity contribution in [2.24, 2.45) is 15.9 Å². The quantitative estimate of drug-likeness (QED) is 0.770. The van der Waals surface area contributed by atoms with Crippen LogP contribution in [0.3, 0.4) is 0 Å². The van der Waals surface area contributed by atoms with Crippen LogP contribution in [0.5, 0.6) is 0 Å². The van der Waals surface area contributed by atoms with Crippen LogP contribution < -0.4 is 0 Å². The average molecular weight is 349 g/mol. The van der Waals surface area contributed by atoms with Gasteiger partial charge in [0, 0.05) is 5.25 Å². The summed E-state index contributed by atoms with van der Waals surface area (Å²) in [6.45, 7) is 4.10. The molecule has 0 aromatic carbocycles. The number of thiophene rings is 1. The summed E-state index contributed by atoms with van der Waals surface area (Å²) in [6.07, 6.45) is 0. The third kappa shape index (κ3) is 2.76. The summed E-state index contributed by atoms with van der Waals surface area (Å²) in [7, 11) is 3.14. The minimum absolute atomic E-state index is 0.274.